The van der Waals surface area contributed by atoms with Crippen molar-refractivity contribution in [3.8, 4) is 0 Å². The van der Waals surface area contributed by atoms with Gasteiger partial charge in [0.05, 0.1) is 5.56 Å². The Labute approximate surface area is 163 Å². The molecule has 1 aliphatic rings. The van der Waals surface area contributed by atoms with Crippen LogP contribution in [0.5, 0.6) is 0 Å². The van der Waals surface area contributed by atoms with Crippen LogP contribution in [0.15, 0.2) is 24.3 Å². The van der Waals surface area contributed by atoms with Crippen LogP contribution < -0.4 is 5.32 Å². The monoisotopic (exact) mass is 399 g/mol. The van der Waals surface area contributed by atoms with E-state index in [1.165, 1.54) is 12.1 Å². The third-order valence-electron chi connectivity index (χ3n) is 4.84. The molecule has 0 spiro atoms. The summed E-state index contributed by atoms with van der Waals surface area (Å²) in [6, 6.07) is 4.25. The van der Waals surface area contributed by atoms with Gasteiger partial charge in [-0.3, -0.25) is 9.59 Å². The van der Waals surface area contributed by atoms with Crippen molar-refractivity contribution < 1.29 is 22.8 Å². The zero-order chi connectivity index (χ0) is 20.6. The van der Waals surface area contributed by atoms with Crippen molar-refractivity contribution in [3.05, 3.63) is 35.4 Å². The zero-order valence-corrected chi connectivity index (χ0v) is 16.2. The number of hydrogen-bond acceptors (Lipinski definition) is 3. The van der Waals surface area contributed by atoms with Crippen molar-refractivity contribution in [2.24, 2.45) is 0 Å². The van der Waals surface area contributed by atoms with Crippen LogP contribution >= 0.6 is 0 Å². The fourth-order valence-electron chi connectivity index (χ4n) is 3.15. The Kier molecular flexibility index (Phi) is 8.29. The minimum atomic E-state index is -4.43. The van der Waals surface area contributed by atoms with Gasteiger partial charge in [-0.05, 0) is 30.7 Å². The summed E-state index contributed by atoms with van der Waals surface area (Å²) in [7, 11) is 0. The van der Waals surface area contributed by atoms with E-state index < -0.39 is 11.7 Å². The number of piperazine rings is 1. The maximum atomic E-state index is 12.8. The Morgan fingerprint density at radius 2 is 1.71 bits per heavy atom. The molecule has 1 heterocycles. The van der Waals surface area contributed by atoms with Gasteiger partial charge in [0.2, 0.25) is 5.91 Å². The summed E-state index contributed by atoms with van der Waals surface area (Å²) >= 11 is 0. The third kappa shape index (κ3) is 6.51. The second-order valence-corrected chi connectivity index (χ2v) is 6.96. The van der Waals surface area contributed by atoms with E-state index >= 15 is 0 Å². The van der Waals surface area contributed by atoms with Crippen molar-refractivity contribution in [1.29, 1.82) is 0 Å². The molecule has 0 saturated carbocycles. The van der Waals surface area contributed by atoms with Gasteiger partial charge in [0, 0.05) is 51.3 Å². The van der Waals surface area contributed by atoms with Crippen LogP contribution in [0.25, 0.3) is 0 Å². The fraction of sp³-hybridized carbons (Fsp3) is 0.600. The molecule has 1 aromatic carbocycles. The van der Waals surface area contributed by atoms with Crippen molar-refractivity contribution in [2.45, 2.75) is 38.8 Å². The largest absolute Gasteiger partial charge is 0.416 e. The number of amides is 2. The summed E-state index contributed by atoms with van der Waals surface area (Å²) in [6.07, 6.45) is -1.48. The van der Waals surface area contributed by atoms with Crippen LogP contribution in [0.3, 0.4) is 0 Å². The molecule has 156 valence electrons. The lowest BCUT2D eigenvalue weighted by atomic mass is 10.1. The number of carbonyl (C=O) groups excluding carboxylic acids is 2. The Morgan fingerprint density at radius 1 is 1.07 bits per heavy atom. The molecule has 0 atom stereocenters. The SMILES string of the molecule is CCCCCN(CCC(=O)N1CCNCC1)C(=O)c1ccc(C(F)(F)F)cc1. The first kappa shape index (κ1) is 22.2. The molecule has 0 bridgehead atoms. The van der Waals surface area contributed by atoms with Crippen molar-refractivity contribution in [2.75, 3.05) is 39.3 Å². The minimum Gasteiger partial charge on any atom is -0.340 e. The number of nitrogens with one attached hydrogen (secondary N) is 1. The highest BCUT2D eigenvalue weighted by atomic mass is 19.4. The fourth-order valence-corrected chi connectivity index (χ4v) is 3.15. The van der Waals surface area contributed by atoms with Crippen LogP contribution in [0, 0.1) is 0 Å². The van der Waals surface area contributed by atoms with Gasteiger partial charge in [-0.2, -0.15) is 13.2 Å². The van der Waals surface area contributed by atoms with E-state index in [1.807, 2.05) is 0 Å². The summed E-state index contributed by atoms with van der Waals surface area (Å²) in [5.74, 6) is -0.333. The molecule has 0 radical (unpaired) electrons. The van der Waals surface area contributed by atoms with Crippen LogP contribution in [-0.4, -0.2) is 60.9 Å². The summed E-state index contributed by atoms with van der Waals surface area (Å²) in [4.78, 5) is 28.5. The van der Waals surface area contributed by atoms with Crippen molar-refractivity contribution in [1.82, 2.24) is 15.1 Å². The number of rotatable bonds is 8. The summed E-state index contributed by atoms with van der Waals surface area (Å²) in [6.45, 7) is 5.64. The molecule has 0 aliphatic carbocycles. The molecule has 1 aliphatic heterocycles. The molecule has 0 unspecified atom stereocenters. The van der Waals surface area contributed by atoms with E-state index in [1.54, 1.807) is 9.80 Å². The molecular weight excluding hydrogens is 371 g/mol. The van der Waals surface area contributed by atoms with E-state index in [0.717, 1.165) is 44.5 Å². The van der Waals surface area contributed by atoms with Gasteiger partial charge in [-0.25, -0.2) is 0 Å². The predicted octanol–water partition coefficient (Wildman–Crippen LogP) is 3.16. The van der Waals surface area contributed by atoms with E-state index in [2.05, 4.69) is 12.2 Å². The molecule has 1 saturated heterocycles. The van der Waals surface area contributed by atoms with Gasteiger partial charge in [0.25, 0.3) is 5.91 Å². The molecule has 8 heteroatoms. The van der Waals surface area contributed by atoms with E-state index in [9.17, 15) is 22.8 Å². The number of alkyl halides is 3. The smallest absolute Gasteiger partial charge is 0.340 e. The first-order chi connectivity index (χ1) is 13.3. The lowest BCUT2D eigenvalue weighted by molar-refractivity contribution is -0.137. The van der Waals surface area contributed by atoms with Crippen LogP contribution in [0.2, 0.25) is 0 Å². The van der Waals surface area contributed by atoms with Gasteiger partial charge in [0.15, 0.2) is 0 Å². The number of carbonyl (C=O) groups is 2. The van der Waals surface area contributed by atoms with E-state index in [0.29, 0.717) is 19.6 Å². The number of hydrogen-bond donors (Lipinski definition) is 1. The van der Waals surface area contributed by atoms with Crippen molar-refractivity contribution >= 4 is 11.8 Å². The summed E-state index contributed by atoms with van der Waals surface area (Å²) in [5, 5.41) is 3.19. The maximum absolute atomic E-state index is 12.8. The Morgan fingerprint density at radius 3 is 2.29 bits per heavy atom. The number of halogens is 3. The highest BCUT2D eigenvalue weighted by Crippen LogP contribution is 2.29. The normalized spacial score (nSPS) is 14.8. The second kappa shape index (κ2) is 10.5. The van der Waals surface area contributed by atoms with Crippen molar-refractivity contribution in [3.63, 3.8) is 0 Å². The topological polar surface area (TPSA) is 52.7 Å². The number of nitrogens with zero attached hydrogens (tertiary/aromatic N) is 2. The Balaban J connectivity index is 2.01. The molecule has 28 heavy (non-hydrogen) atoms. The minimum absolute atomic E-state index is 0.00205. The van der Waals surface area contributed by atoms with Crippen LogP contribution in [-0.2, 0) is 11.0 Å². The van der Waals surface area contributed by atoms with Gasteiger partial charge in [-0.1, -0.05) is 19.8 Å². The Hall–Kier alpha value is -2.09. The molecule has 1 N–H and O–H groups in total. The lowest BCUT2D eigenvalue weighted by Gasteiger charge is -2.29. The Bertz CT molecular complexity index is 641. The highest BCUT2D eigenvalue weighted by Gasteiger charge is 2.30. The number of unbranched alkanes of at least 4 members (excludes halogenated alkanes) is 2. The van der Waals surface area contributed by atoms with E-state index in [4.69, 9.17) is 0 Å². The maximum Gasteiger partial charge on any atom is 0.416 e. The van der Waals surface area contributed by atoms with Gasteiger partial charge >= 0.3 is 6.18 Å². The average molecular weight is 399 g/mol. The molecule has 2 rings (SSSR count). The third-order valence-corrected chi connectivity index (χ3v) is 4.84. The molecule has 1 fully saturated rings. The first-order valence-electron chi connectivity index (χ1n) is 9.78. The zero-order valence-electron chi connectivity index (χ0n) is 16.2. The number of benzene rings is 1. The van der Waals surface area contributed by atoms with Crippen LogP contribution in [0.1, 0.15) is 48.5 Å². The van der Waals surface area contributed by atoms with Crippen LogP contribution in [0.4, 0.5) is 13.2 Å². The summed E-state index contributed by atoms with van der Waals surface area (Å²) < 4.78 is 38.2. The molecule has 1 aromatic rings. The predicted molar refractivity (Wildman–Crippen MR) is 101 cm³/mol. The standard InChI is InChI=1S/C20H28F3N3O2/c1-2-3-4-12-26(13-9-18(27)25-14-10-24-11-15-25)19(28)16-5-7-17(8-6-16)20(21,22)23/h5-8,24H,2-4,9-15H2,1H3. The van der Waals surface area contributed by atoms with Gasteiger partial charge < -0.3 is 15.1 Å². The highest BCUT2D eigenvalue weighted by molar-refractivity contribution is 5.94. The van der Waals surface area contributed by atoms with Gasteiger partial charge in [0.1, 0.15) is 0 Å². The quantitative estimate of drug-likeness (QED) is 0.684. The molecule has 0 aromatic heterocycles. The lowest BCUT2D eigenvalue weighted by Crippen LogP contribution is -2.47. The average Bonchev–Trinajstić information content (AvgIpc) is 2.70. The second-order valence-electron chi connectivity index (χ2n) is 6.96. The summed E-state index contributed by atoms with van der Waals surface area (Å²) in [5.41, 5.74) is -0.574. The molecule has 5 nitrogen and oxygen atoms in total. The van der Waals surface area contributed by atoms with E-state index in [-0.39, 0.29) is 30.3 Å². The first-order valence-corrected chi connectivity index (χ1v) is 9.78. The van der Waals surface area contributed by atoms with Gasteiger partial charge in [-0.15, -0.1) is 0 Å². The molecular formula is C20H28F3N3O2. The molecule has 2 amide bonds.